The predicted molar refractivity (Wildman–Crippen MR) is 95.8 cm³/mol. The number of aromatic nitrogens is 2. The van der Waals surface area contributed by atoms with Gasteiger partial charge in [0.2, 0.25) is 0 Å². The number of hydrogen-bond donors (Lipinski definition) is 4. The molecule has 11 nitrogen and oxygen atoms in total. The number of aliphatic hydroxyl groups is 2. The number of benzene rings is 1. The summed E-state index contributed by atoms with van der Waals surface area (Å²) in [5.41, 5.74) is 5.27. The van der Waals surface area contributed by atoms with Gasteiger partial charge in [-0.05, 0) is 11.6 Å². The third kappa shape index (κ3) is 4.65. The van der Waals surface area contributed by atoms with Crippen molar-refractivity contribution in [3.05, 3.63) is 58.6 Å². The second kappa shape index (κ2) is 8.50. The standard InChI is InChI=1S/C16H20N3O8P/c17-12-6-7-19(16(22)18-12)15-13(21)14(11(8-20)26-15)27-28(23,24)25-9-10-4-2-1-3-5-10/h1-7,11,13-15,20-21H,8-9H2,(H,23,24)(H2,17,18,22)/t11-,13-,14-,15-/m1/s1. The maximum atomic E-state index is 12.3. The first-order valence-corrected chi connectivity index (χ1v) is 9.79. The van der Waals surface area contributed by atoms with Crippen molar-refractivity contribution in [1.29, 1.82) is 0 Å². The van der Waals surface area contributed by atoms with Gasteiger partial charge in [0, 0.05) is 6.20 Å². The van der Waals surface area contributed by atoms with Gasteiger partial charge < -0.3 is 25.6 Å². The zero-order chi connectivity index (χ0) is 20.3. The first kappa shape index (κ1) is 20.6. The summed E-state index contributed by atoms with van der Waals surface area (Å²) in [5, 5.41) is 20.0. The van der Waals surface area contributed by atoms with E-state index in [1.54, 1.807) is 30.3 Å². The van der Waals surface area contributed by atoms with E-state index >= 15 is 0 Å². The second-order valence-electron chi connectivity index (χ2n) is 6.08. The number of nitrogens with zero attached hydrogens (tertiary/aromatic N) is 2. The van der Waals surface area contributed by atoms with Gasteiger partial charge in [0.25, 0.3) is 0 Å². The van der Waals surface area contributed by atoms with Gasteiger partial charge in [-0.1, -0.05) is 30.3 Å². The van der Waals surface area contributed by atoms with Crippen LogP contribution < -0.4 is 11.4 Å². The average Bonchev–Trinajstić information content (AvgIpc) is 2.96. The molecule has 5 atom stereocenters. The van der Waals surface area contributed by atoms with Crippen molar-refractivity contribution in [2.24, 2.45) is 0 Å². The molecule has 0 amide bonds. The molecule has 3 rings (SSSR count). The van der Waals surface area contributed by atoms with Crippen molar-refractivity contribution in [1.82, 2.24) is 9.55 Å². The van der Waals surface area contributed by atoms with Crippen molar-refractivity contribution >= 4 is 13.6 Å². The Labute approximate surface area is 159 Å². The molecule has 0 aliphatic carbocycles. The van der Waals surface area contributed by atoms with Crippen LogP contribution in [-0.4, -0.2) is 49.6 Å². The molecule has 12 heteroatoms. The molecule has 1 unspecified atom stereocenters. The summed E-state index contributed by atoms with van der Waals surface area (Å²) in [5.74, 6) is -0.0191. The Bertz CT molecular complexity index is 908. The van der Waals surface area contributed by atoms with Gasteiger partial charge in [0.15, 0.2) is 6.23 Å². The number of rotatable bonds is 7. The highest BCUT2D eigenvalue weighted by atomic mass is 31.2. The zero-order valence-corrected chi connectivity index (χ0v) is 15.5. The van der Waals surface area contributed by atoms with E-state index in [9.17, 15) is 24.5 Å². The Balaban J connectivity index is 1.73. The summed E-state index contributed by atoms with van der Waals surface area (Å²) in [6.45, 7) is -0.832. The van der Waals surface area contributed by atoms with Crippen molar-refractivity contribution < 1.29 is 33.5 Å². The minimum absolute atomic E-state index is 0.0191. The van der Waals surface area contributed by atoms with Crippen molar-refractivity contribution in [2.45, 2.75) is 31.1 Å². The van der Waals surface area contributed by atoms with E-state index < -0.39 is 44.7 Å². The van der Waals surface area contributed by atoms with Gasteiger partial charge in [-0.25, -0.2) is 9.36 Å². The fourth-order valence-electron chi connectivity index (χ4n) is 2.76. The molecule has 0 bridgehead atoms. The molecule has 0 saturated carbocycles. The summed E-state index contributed by atoms with van der Waals surface area (Å²) in [7, 11) is -4.61. The molecule has 1 saturated heterocycles. The Morgan fingerprint density at radius 2 is 2.00 bits per heavy atom. The summed E-state index contributed by atoms with van der Waals surface area (Å²) < 4.78 is 28.6. The van der Waals surface area contributed by atoms with E-state index in [0.717, 1.165) is 4.57 Å². The number of nitrogen functional groups attached to an aromatic ring is 1. The monoisotopic (exact) mass is 413 g/mol. The molecule has 0 spiro atoms. The molecule has 5 N–H and O–H groups in total. The summed E-state index contributed by atoms with van der Waals surface area (Å²) in [6, 6.07) is 9.97. The maximum Gasteiger partial charge on any atom is 0.472 e. The van der Waals surface area contributed by atoms with E-state index in [-0.39, 0.29) is 12.4 Å². The molecule has 1 aliphatic rings. The lowest BCUT2D eigenvalue weighted by Crippen LogP contribution is -2.37. The molecule has 152 valence electrons. The fraction of sp³-hybridized carbons (Fsp3) is 0.375. The van der Waals surface area contributed by atoms with Crippen LogP contribution >= 0.6 is 7.82 Å². The molecule has 2 aromatic rings. The van der Waals surface area contributed by atoms with Crippen LogP contribution in [0.4, 0.5) is 5.82 Å². The van der Waals surface area contributed by atoms with E-state index in [1.165, 1.54) is 12.3 Å². The number of nitrogens with two attached hydrogens (primary N) is 1. The maximum absolute atomic E-state index is 12.3. The number of aliphatic hydroxyl groups excluding tert-OH is 2. The average molecular weight is 413 g/mol. The highest BCUT2D eigenvalue weighted by Crippen LogP contribution is 2.48. The molecular formula is C16H20N3O8P. The quantitative estimate of drug-likeness (QED) is 0.446. The zero-order valence-electron chi connectivity index (χ0n) is 14.6. The molecule has 1 aromatic heterocycles. The van der Waals surface area contributed by atoms with Crippen LogP contribution in [0.15, 0.2) is 47.4 Å². The molecule has 1 fully saturated rings. The normalized spacial score (nSPS) is 26.8. The summed E-state index contributed by atoms with van der Waals surface area (Å²) in [6.07, 6.45) is -4.20. The van der Waals surface area contributed by atoms with Crippen molar-refractivity contribution in [3.63, 3.8) is 0 Å². The number of hydrogen-bond acceptors (Lipinski definition) is 9. The van der Waals surface area contributed by atoms with Crippen LogP contribution in [-0.2, 0) is 25.0 Å². The Kier molecular flexibility index (Phi) is 6.26. The van der Waals surface area contributed by atoms with Crippen molar-refractivity contribution in [3.8, 4) is 0 Å². The SMILES string of the molecule is Nc1ccn([C@@H]2O[C@H](CO)[C@@H](OP(=O)(O)OCc3ccccc3)[C@H]2O)c(=O)n1. The van der Waals surface area contributed by atoms with Gasteiger partial charge in [-0.2, -0.15) is 4.98 Å². The largest absolute Gasteiger partial charge is 0.472 e. The van der Waals surface area contributed by atoms with Gasteiger partial charge >= 0.3 is 13.5 Å². The third-order valence-corrected chi connectivity index (χ3v) is 5.07. The van der Waals surface area contributed by atoms with Crippen molar-refractivity contribution in [2.75, 3.05) is 12.3 Å². The van der Waals surface area contributed by atoms with Gasteiger partial charge in [0.1, 0.15) is 24.1 Å². The highest BCUT2D eigenvalue weighted by molar-refractivity contribution is 7.47. The van der Waals surface area contributed by atoms with Crippen LogP contribution in [0.2, 0.25) is 0 Å². The van der Waals surface area contributed by atoms with E-state index in [4.69, 9.17) is 19.5 Å². The lowest BCUT2D eigenvalue weighted by Gasteiger charge is -2.22. The minimum Gasteiger partial charge on any atom is -0.394 e. The van der Waals surface area contributed by atoms with Gasteiger partial charge in [0.05, 0.1) is 13.2 Å². The first-order chi connectivity index (χ1) is 13.3. The minimum atomic E-state index is -4.61. The Morgan fingerprint density at radius 1 is 1.29 bits per heavy atom. The number of ether oxygens (including phenoxy) is 1. The first-order valence-electron chi connectivity index (χ1n) is 8.29. The van der Waals surface area contributed by atoms with Crippen LogP contribution in [0.1, 0.15) is 11.8 Å². The summed E-state index contributed by atoms with van der Waals surface area (Å²) in [4.78, 5) is 25.5. The molecule has 0 radical (unpaired) electrons. The predicted octanol–water partition coefficient (Wildman–Crippen LogP) is -0.222. The van der Waals surface area contributed by atoms with Crippen LogP contribution in [0, 0.1) is 0 Å². The molecular weight excluding hydrogens is 393 g/mol. The molecule has 1 aromatic carbocycles. The molecule has 2 heterocycles. The smallest absolute Gasteiger partial charge is 0.394 e. The van der Waals surface area contributed by atoms with Crippen LogP contribution in [0.25, 0.3) is 0 Å². The van der Waals surface area contributed by atoms with E-state index in [2.05, 4.69) is 4.98 Å². The molecule has 28 heavy (non-hydrogen) atoms. The van der Waals surface area contributed by atoms with Crippen LogP contribution in [0.3, 0.4) is 0 Å². The third-order valence-electron chi connectivity index (χ3n) is 4.11. The fourth-order valence-corrected chi connectivity index (χ4v) is 3.70. The Morgan fingerprint density at radius 3 is 2.64 bits per heavy atom. The van der Waals surface area contributed by atoms with E-state index in [0.29, 0.717) is 5.56 Å². The Hall–Kier alpha value is -2.11. The lowest BCUT2D eigenvalue weighted by atomic mass is 10.1. The lowest BCUT2D eigenvalue weighted by molar-refractivity contribution is -0.0550. The second-order valence-corrected chi connectivity index (χ2v) is 7.48. The van der Waals surface area contributed by atoms with Gasteiger partial charge in [-0.15, -0.1) is 0 Å². The summed E-state index contributed by atoms with van der Waals surface area (Å²) >= 11 is 0. The van der Waals surface area contributed by atoms with Gasteiger partial charge in [-0.3, -0.25) is 13.6 Å². The highest BCUT2D eigenvalue weighted by Gasteiger charge is 2.48. The number of anilines is 1. The molecule has 1 aliphatic heterocycles. The number of phosphoric acid groups is 1. The van der Waals surface area contributed by atoms with E-state index in [1.807, 2.05) is 0 Å². The van der Waals surface area contributed by atoms with Crippen LogP contribution in [0.5, 0.6) is 0 Å². The topological polar surface area (TPSA) is 166 Å². The number of phosphoric ester groups is 1.